The van der Waals surface area contributed by atoms with Crippen molar-refractivity contribution in [1.82, 2.24) is 14.9 Å². The molecule has 5 nitrogen and oxygen atoms in total. The smallest absolute Gasteiger partial charge is 0.241 e. The van der Waals surface area contributed by atoms with Crippen LogP contribution in [0.2, 0.25) is 0 Å². The molecule has 0 unspecified atom stereocenters. The van der Waals surface area contributed by atoms with Crippen molar-refractivity contribution in [3.05, 3.63) is 54.6 Å². The van der Waals surface area contributed by atoms with Crippen LogP contribution in [-0.2, 0) is 4.79 Å². The van der Waals surface area contributed by atoms with E-state index in [0.717, 1.165) is 42.4 Å². The van der Waals surface area contributed by atoms with E-state index < -0.39 is 0 Å². The first kappa shape index (κ1) is 15.6. The van der Waals surface area contributed by atoms with Crippen LogP contribution in [0.4, 0.5) is 5.82 Å². The maximum Gasteiger partial charge on any atom is 0.241 e. The number of para-hydroxylation sites is 1. The monoisotopic (exact) mass is 332 g/mol. The summed E-state index contributed by atoms with van der Waals surface area (Å²) in [7, 11) is 0. The zero-order chi connectivity index (χ0) is 17.1. The van der Waals surface area contributed by atoms with E-state index in [4.69, 9.17) is 0 Å². The lowest BCUT2D eigenvalue weighted by Crippen LogP contribution is -2.33. The molecule has 126 valence electrons. The topological polar surface area (TPSA) is 58.1 Å². The number of carbonyl (C=O) groups excluding carboxylic acids is 1. The molecule has 1 aromatic heterocycles. The molecular weight excluding hydrogens is 312 g/mol. The average Bonchev–Trinajstić information content (AvgIpc) is 3.21. The average molecular weight is 332 g/mol. The highest BCUT2D eigenvalue weighted by molar-refractivity contribution is 5.92. The molecule has 5 heteroatoms. The van der Waals surface area contributed by atoms with Gasteiger partial charge in [0.2, 0.25) is 5.91 Å². The number of anilines is 1. The molecule has 1 amide bonds. The normalized spacial score (nSPS) is 14.0. The van der Waals surface area contributed by atoms with E-state index in [1.165, 1.54) is 0 Å². The summed E-state index contributed by atoms with van der Waals surface area (Å²) >= 11 is 0. The number of amides is 1. The van der Waals surface area contributed by atoms with Gasteiger partial charge in [-0.05, 0) is 25.0 Å². The molecule has 1 fully saturated rings. The van der Waals surface area contributed by atoms with Crippen molar-refractivity contribution >= 4 is 22.6 Å². The minimum atomic E-state index is 0.126. The van der Waals surface area contributed by atoms with Crippen molar-refractivity contribution in [2.24, 2.45) is 0 Å². The second-order valence-corrected chi connectivity index (χ2v) is 6.22. The summed E-state index contributed by atoms with van der Waals surface area (Å²) in [4.78, 5) is 23.6. The zero-order valence-corrected chi connectivity index (χ0v) is 14.0. The number of nitrogens with zero attached hydrogens (tertiary/aromatic N) is 3. The summed E-state index contributed by atoms with van der Waals surface area (Å²) < 4.78 is 0. The van der Waals surface area contributed by atoms with E-state index in [-0.39, 0.29) is 12.5 Å². The number of likely N-dealkylation sites (tertiary alicyclic amines) is 1. The molecule has 1 N–H and O–H groups in total. The molecule has 2 aromatic carbocycles. The standard InChI is InChI=1S/C20H20N4O/c25-18(24-12-6-7-13-24)14-21-20-16-10-4-5-11-17(16)22-19(23-20)15-8-2-1-3-9-15/h1-5,8-11H,6-7,12-14H2,(H,21,22,23). The van der Waals surface area contributed by atoms with Gasteiger partial charge in [-0.1, -0.05) is 42.5 Å². The predicted octanol–water partition coefficient (Wildman–Crippen LogP) is 3.33. The number of benzene rings is 2. The molecule has 0 atom stereocenters. The fourth-order valence-corrected chi connectivity index (χ4v) is 3.17. The number of hydrogen-bond donors (Lipinski definition) is 1. The number of rotatable bonds is 4. The Morgan fingerprint density at radius 2 is 1.68 bits per heavy atom. The lowest BCUT2D eigenvalue weighted by molar-refractivity contribution is -0.128. The van der Waals surface area contributed by atoms with Crippen LogP contribution < -0.4 is 5.32 Å². The van der Waals surface area contributed by atoms with Crippen LogP contribution in [-0.4, -0.2) is 40.4 Å². The van der Waals surface area contributed by atoms with Crippen LogP contribution in [0.5, 0.6) is 0 Å². The number of fused-ring (bicyclic) bond motifs is 1. The number of hydrogen-bond acceptors (Lipinski definition) is 4. The van der Waals surface area contributed by atoms with E-state index in [1.54, 1.807) is 0 Å². The summed E-state index contributed by atoms with van der Waals surface area (Å²) in [6.07, 6.45) is 2.20. The van der Waals surface area contributed by atoms with Crippen LogP contribution in [0.3, 0.4) is 0 Å². The first-order valence-electron chi connectivity index (χ1n) is 8.65. The van der Waals surface area contributed by atoms with Crippen molar-refractivity contribution in [1.29, 1.82) is 0 Å². The molecule has 2 heterocycles. The Bertz CT molecular complexity index is 889. The molecular formula is C20H20N4O. The van der Waals surface area contributed by atoms with Crippen molar-refractivity contribution < 1.29 is 4.79 Å². The van der Waals surface area contributed by atoms with Gasteiger partial charge in [0.1, 0.15) is 5.82 Å². The van der Waals surface area contributed by atoms with Gasteiger partial charge in [-0.25, -0.2) is 9.97 Å². The molecule has 25 heavy (non-hydrogen) atoms. The molecule has 1 saturated heterocycles. The van der Waals surface area contributed by atoms with E-state index >= 15 is 0 Å². The lowest BCUT2D eigenvalue weighted by atomic mass is 10.2. The van der Waals surface area contributed by atoms with Gasteiger partial charge in [-0.15, -0.1) is 0 Å². The van der Waals surface area contributed by atoms with Gasteiger partial charge in [-0.3, -0.25) is 4.79 Å². The second kappa shape index (κ2) is 6.89. The van der Waals surface area contributed by atoms with Crippen LogP contribution in [0.25, 0.3) is 22.3 Å². The minimum absolute atomic E-state index is 0.126. The fourth-order valence-electron chi connectivity index (χ4n) is 3.17. The molecule has 1 aliphatic heterocycles. The van der Waals surface area contributed by atoms with Crippen LogP contribution in [0.1, 0.15) is 12.8 Å². The predicted molar refractivity (Wildman–Crippen MR) is 99.3 cm³/mol. The second-order valence-electron chi connectivity index (χ2n) is 6.22. The first-order valence-corrected chi connectivity index (χ1v) is 8.65. The highest BCUT2D eigenvalue weighted by Gasteiger charge is 2.18. The summed E-state index contributed by atoms with van der Waals surface area (Å²) in [5.74, 6) is 1.49. The Labute approximate surface area is 146 Å². The third-order valence-corrected chi connectivity index (χ3v) is 4.50. The Hall–Kier alpha value is -2.95. The molecule has 4 rings (SSSR count). The van der Waals surface area contributed by atoms with Gasteiger partial charge in [0.15, 0.2) is 5.82 Å². The Morgan fingerprint density at radius 3 is 2.48 bits per heavy atom. The lowest BCUT2D eigenvalue weighted by Gasteiger charge is -2.16. The maximum atomic E-state index is 12.3. The van der Waals surface area contributed by atoms with Crippen molar-refractivity contribution in [2.45, 2.75) is 12.8 Å². The summed E-state index contributed by atoms with van der Waals surface area (Å²) in [6, 6.07) is 17.8. The fraction of sp³-hybridized carbons (Fsp3) is 0.250. The van der Waals surface area contributed by atoms with E-state index in [0.29, 0.717) is 11.6 Å². The van der Waals surface area contributed by atoms with Crippen LogP contribution in [0, 0.1) is 0 Å². The van der Waals surface area contributed by atoms with Gasteiger partial charge in [0.05, 0.1) is 12.1 Å². The molecule has 0 spiro atoms. The van der Waals surface area contributed by atoms with E-state index in [1.807, 2.05) is 59.5 Å². The summed E-state index contributed by atoms with van der Waals surface area (Å²) in [6.45, 7) is 1.98. The first-order chi connectivity index (χ1) is 12.3. The molecule has 0 aliphatic carbocycles. The zero-order valence-electron chi connectivity index (χ0n) is 14.0. The van der Waals surface area contributed by atoms with Crippen molar-refractivity contribution in [3.63, 3.8) is 0 Å². The van der Waals surface area contributed by atoms with Crippen LogP contribution >= 0.6 is 0 Å². The quantitative estimate of drug-likeness (QED) is 0.796. The third kappa shape index (κ3) is 3.31. The Balaban J connectivity index is 1.65. The number of carbonyl (C=O) groups is 1. The van der Waals surface area contributed by atoms with Gasteiger partial charge in [0, 0.05) is 24.0 Å². The highest BCUT2D eigenvalue weighted by atomic mass is 16.2. The molecule has 0 saturated carbocycles. The largest absolute Gasteiger partial charge is 0.360 e. The minimum Gasteiger partial charge on any atom is -0.360 e. The highest BCUT2D eigenvalue weighted by Crippen LogP contribution is 2.24. The number of aromatic nitrogens is 2. The Morgan fingerprint density at radius 1 is 0.960 bits per heavy atom. The SMILES string of the molecule is O=C(CNc1nc(-c2ccccc2)nc2ccccc12)N1CCCC1. The van der Waals surface area contributed by atoms with Gasteiger partial charge >= 0.3 is 0 Å². The van der Waals surface area contributed by atoms with E-state index in [9.17, 15) is 4.79 Å². The van der Waals surface area contributed by atoms with Crippen LogP contribution in [0.15, 0.2) is 54.6 Å². The maximum absolute atomic E-state index is 12.3. The summed E-state index contributed by atoms with van der Waals surface area (Å²) in [5, 5.41) is 4.16. The Kier molecular flexibility index (Phi) is 4.29. The van der Waals surface area contributed by atoms with Crippen molar-refractivity contribution in [2.75, 3.05) is 25.0 Å². The molecule has 3 aromatic rings. The third-order valence-electron chi connectivity index (χ3n) is 4.50. The van der Waals surface area contributed by atoms with E-state index in [2.05, 4.69) is 15.3 Å². The molecule has 0 bridgehead atoms. The van der Waals surface area contributed by atoms with Crippen molar-refractivity contribution in [3.8, 4) is 11.4 Å². The van der Waals surface area contributed by atoms with Gasteiger partial charge in [0.25, 0.3) is 0 Å². The number of nitrogens with one attached hydrogen (secondary N) is 1. The van der Waals surface area contributed by atoms with Gasteiger partial charge < -0.3 is 10.2 Å². The summed E-state index contributed by atoms with van der Waals surface area (Å²) in [5.41, 5.74) is 1.83. The van der Waals surface area contributed by atoms with Gasteiger partial charge in [-0.2, -0.15) is 0 Å². The molecule has 1 aliphatic rings. The molecule has 0 radical (unpaired) electrons.